The summed E-state index contributed by atoms with van der Waals surface area (Å²) >= 11 is 13.4. The van der Waals surface area contributed by atoms with Crippen molar-refractivity contribution in [3.8, 4) is 22.6 Å². The highest BCUT2D eigenvalue weighted by atomic mass is 35.5. The highest BCUT2D eigenvalue weighted by molar-refractivity contribution is 8.26. The van der Waals surface area contributed by atoms with Gasteiger partial charge in [-0.3, -0.25) is 14.6 Å². The molecule has 2 fully saturated rings. The Kier molecular flexibility index (Phi) is 10.8. The van der Waals surface area contributed by atoms with Gasteiger partial charge in [-0.05, 0) is 61.2 Å². The zero-order chi connectivity index (χ0) is 29.3. The first-order chi connectivity index (χ1) is 20.5. The second-order valence-corrected chi connectivity index (χ2v) is 11.8. The molecule has 42 heavy (non-hydrogen) atoms. The fourth-order valence-corrected chi connectivity index (χ4v) is 6.24. The number of nitrogens with zero attached hydrogens (tertiary/aromatic N) is 5. The quantitative estimate of drug-likeness (QED) is 0.160. The molecule has 3 aromatic rings. The number of carbonyl (C=O) groups is 1. The summed E-state index contributed by atoms with van der Waals surface area (Å²) in [5, 5.41) is 14.5. The van der Waals surface area contributed by atoms with Crippen LogP contribution in [-0.4, -0.2) is 93.3 Å². The monoisotopic (exact) mass is 628 g/mol. The first-order valence-electron chi connectivity index (χ1n) is 14.0. The minimum atomic E-state index is -0.0988. The average molecular weight is 629 g/mol. The van der Waals surface area contributed by atoms with Crippen molar-refractivity contribution in [2.24, 2.45) is 0 Å². The summed E-state index contributed by atoms with van der Waals surface area (Å²) in [5.41, 5.74) is 2.69. The number of aromatic nitrogens is 4. The number of amides is 1. The molecule has 0 spiro atoms. The Morgan fingerprint density at radius 2 is 1.88 bits per heavy atom. The fraction of sp³-hybridized carbons (Fsp3) is 0.414. The highest BCUT2D eigenvalue weighted by Gasteiger charge is 2.31. The van der Waals surface area contributed by atoms with Crippen molar-refractivity contribution < 1.29 is 19.0 Å². The lowest BCUT2D eigenvalue weighted by Crippen LogP contribution is -2.38. The van der Waals surface area contributed by atoms with Gasteiger partial charge in [0, 0.05) is 38.2 Å². The molecule has 10 nitrogen and oxygen atoms in total. The zero-order valence-electron chi connectivity index (χ0n) is 23.4. The molecule has 2 aliphatic heterocycles. The van der Waals surface area contributed by atoms with Crippen LogP contribution >= 0.6 is 35.6 Å². The van der Waals surface area contributed by atoms with E-state index in [1.807, 2.05) is 49.4 Å². The number of tetrazole rings is 1. The van der Waals surface area contributed by atoms with Crippen LogP contribution in [0.5, 0.6) is 11.5 Å². The molecule has 2 aromatic carbocycles. The summed E-state index contributed by atoms with van der Waals surface area (Å²) < 4.78 is 17.9. The largest absolute Gasteiger partial charge is 0.492 e. The second kappa shape index (κ2) is 14.9. The predicted molar refractivity (Wildman–Crippen MR) is 168 cm³/mol. The molecule has 0 radical (unpaired) electrons. The standard InChI is InChI=1S/C29H33ClN6O4S2/c1-2-39-25-9-7-21(18-23(25)30)20-6-8-24(40-16-13-35-11-14-38-15-12-35)22(17-20)19-26-28(37)36(29(41)42-26)10-4-3-5-27-31-33-34-32-27/h6-9,17-19H,2-5,10-16H2,1H3,(H,31,32,33,34)/b26-19-. The maximum atomic E-state index is 13.4. The second-order valence-electron chi connectivity index (χ2n) is 9.75. The number of morpholine rings is 1. The number of aromatic amines is 1. The smallest absolute Gasteiger partial charge is 0.266 e. The molecule has 5 rings (SSSR count). The number of benzene rings is 2. The summed E-state index contributed by atoms with van der Waals surface area (Å²) in [6, 6.07) is 11.7. The van der Waals surface area contributed by atoms with Crippen LogP contribution in [0.1, 0.15) is 31.2 Å². The highest BCUT2D eigenvalue weighted by Crippen LogP contribution is 2.37. The summed E-state index contributed by atoms with van der Waals surface area (Å²) in [5.74, 6) is 1.91. The molecule has 3 heterocycles. The number of thiocarbonyl (C=S) groups is 1. The minimum Gasteiger partial charge on any atom is -0.492 e. The van der Waals surface area contributed by atoms with E-state index in [-0.39, 0.29) is 5.91 Å². The molecule has 0 bridgehead atoms. The van der Waals surface area contributed by atoms with Crippen molar-refractivity contribution in [2.75, 3.05) is 52.6 Å². The average Bonchev–Trinajstić information content (AvgIpc) is 3.61. The van der Waals surface area contributed by atoms with Gasteiger partial charge in [-0.1, -0.05) is 52.9 Å². The summed E-state index contributed by atoms with van der Waals surface area (Å²) in [4.78, 5) is 17.9. The van der Waals surface area contributed by atoms with Gasteiger partial charge in [0.1, 0.15) is 22.4 Å². The number of ether oxygens (including phenoxy) is 3. The summed E-state index contributed by atoms with van der Waals surface area (Å²) in [6.07, 6.45) is 4.17. The van der Waals surface area contributed by atoms with Gasteiger partial charge in [-0.2, -0.15) is 5.21 Å². The molecule has 2 saturated heterocycles. The van der Waals surface area contributed by atoms with Crippen LogP contribution in [0, 0.1) is 0 Å². The van der Waals surface area contributed by atoms with Gasteiger partial charge in [0.15, 0.2) is 5.82 Å². The Balaban J connectivity index is 1.33. The molecule has 2 aliphatic rings. The predicted octanol–water partition coefficient (Wildman–Crippen LogP) is 4.85. The molecule has 1 N–H and O–H groups in total. The lowest BCUT2D eigenvalue weighted by molar-refractivity contribution is -0.122. The van der Waals surface area contributed by atoms with E-state index < -0.39 is 0 Å². The normalized spacial score (nSPS) is 16.9. The Bertz CT molecular complexity index is 1420. The van der Waals surface area contributed by atoms with E-state index >= 15 is 0 Å². The van der Waals surface area contributed by atoms with Crippen molar-refractivity contribution in [1.29, 1.82) is 0 Å². The first-order valence-corrected chi connectivity index (χ1v) is 15.6. The topological polar surface area (TPSA) is 106 Å². The number of hydrogen-bond acceptors (Lipinski definition) is 10. The third-order valence-corrected chi connectivity index (χ3v) is 8.60. The van der Waals surface area contributed by atoms with Crippen LogP contribution in [0.25, 0.3) is 17.2 Å². The van der Waals surface area contributed by atoms with E-state index in [0.717, 1.165) is 62.4 Å². The zero-order valence-corrected chi connectivity index (χ0v) is 25.8. The van der Waals surface area contributed by atoms with Crippen LogP contribution in [0.2, 0.25) is 5.02 Å². The summed E-state index contributed by atoms with van der Waals surface area (Å²) in [7, 11) is 0. The SMILES string of the molecule is CCOc1ccc(-c2ccc(OCCN3CCOCC3)c(/C=C3\SC(=S)N(CCCCc4nn[nH]n4)C3=O)c2)cc1Cl. The number of nitrogens with one attached hydrogen (secondary N) is 1. The summed E-state index contributed by atoms with van der Waals surface area (Å²) in [6.45, 7) is 7.59. The number of rotatable bonds is 13. The van der Waals surface area contributed by atoms with Crippen LogP contribution in [0.3, 0.4) is 0 Å². The molecule has 0 aliphatic carbocycles. The Morgan fingerprint density at radius 1 is 1.10 bits per heavy atom. The molecule has 1 aromatic heterocycles. The van der Waals surface area contributed by atoms with Gasteiger partial charge >= 0.3 is 0 Å². The van der Waals surface area contributed by atoms with Crippen LogP contribution in [-0.2, 0) is 16.0 Å². The van der Waals surface area contributed by atoms with E-state index in [9.17, 15) is 4.79 Å². The third kappa shape index (κ3) is 7.87. The molecule has 0 atom stereocenters. The number of H-pyrrole nitrogens is 1. The van der Waals surface area contributed by atoms with Crippen molar-refractivity contribution in [3.63, 3.8) is 0 Å². The number of thioether (sulfide) groups is 1. The van der Waals surface area contributed by atoms with Crippen LogP contribution in [0.4, 0.5) is 0 Å². The first kappa shape index (κ1) is 30.4. The molecule has 0 unspecified atom stereocenters. The third-order valence-electron chi connectivity index (χ3n) is 6.93. The molecule has 222 valence electrons. The molecule has 1 amide bonds. The van der Waals surface area contributed by atoms with Gasteiger partial charge < -0.3 is 14.2 Å². The Morgan fingerprint density at radius 3 is 2.62 bits per heavy atom. The van der Waals surface area contributed by atoms with Gasteiger partial charge in [-0.25, -0.2) is 0 Å². The minimum absolute atomic E-state index is 0.0988. The van der Waals surface area contributed by atoms with Crippen molar-refractivity contribution in [3.05, 3.63) is 57.7 Å². The van der Waals surface area contributed by atoms with E-state index in [2.05, 4.69) is 25.5 Å². The van der Waals surface area contributed by atoms with Gasteiger partial charge in [-0.15, -0.1) is 10.2 Å². The van der Waals surface area contributed by atoms with Gasteiger partial charge in [0.25, 0.3) is 5.91 Å². The number of halogens is 1. The molecular weight excluding hydrogens is 596 g/mol. The fourth-order valence-electron chi connectivity index (χ4n) is 4.71. The number of aryl methyl sites for hydroxylation is 1. The van der Waals surface area contributed by atoms with E-state index in [1.165, 1.54) is 11.8 Å². The maximum absolute atomic E-state index is 13.4. The van der Waals surface area contributed by atoms with Crippen LogP contribution < -0.4 is 9.47 Å². The van der Waals surface area contributed by atoms with Gasteiger partial charge in [0.2, 0.25) is 0 Å². The van der Waals surface area contributed by atoms with Crippen molar-refractivity contribution in [1.82, 2.24) is 30.4 Å². The maximum Gasteiger partial charge on any atom is 0.266 e. The number of hydrogen-bond donors (Lipinski definition) is 1. The van der Waals surface area contributed by atoms with E-state index in [0.29, 0.717) is 57.8 Å². The number of carbonyl (C=O) groups excluding carboxylic acids is 1. The molecule has 0 saturated carbocycles. The lowest BCUT2D eigenvalue weighted by Gasteiger charge is -2.26. The Labute approximate surface area is 259 Å². The molecular formula is C29H33ClN6O4S2. The number of unbranched alkanes of at least 4 members (excludes halogenated alkanes) is 1. The lowest BCUT2D eigenvalue weighted by atomic mass is 10.0. The molecule has 13 heteroatoms. The van der Waals surface area contributed by atoms with E-state index in [1.54, 1.807) is 4.90 Å². The van der Waals surface area contributed by atoms with Crippen LogP contribution in [0.15, 0.2) is 41.3 Å². The van der Waals surface area contributed by atoms with E-state index in [4.69, 9.17) is 38.0 Å². The Hall–Kier alpha value is -3.03. The van der Waals surface area contributed by atoms with Crippen molar-refractivity contribution >= 4 is 51.9 Å². The van der Waals surface area contributed by atoms with Gasteiger partial charge in [0.05, 0.1) is 29.7 Å². The van der Waals surface area contributed by atoms with Crippen molar-refractivity contribution in [2.45, 2.75) is 26.2 Å².